The van der Waals surface area contributed by atoms with Crippen LogP contribution in [0.25, 0.3) is 0 Å². The average Bonchev–Trinajstić information content (AvgIpc) is 2.23. The molecular formula is C10H15N3O3S. The number of nitrogens with two attached hydrogens (primary N) is 1. The predicted molar refractivity (Wildman–Crippen MR) is 65.1 cm³/mol. The Morgan fingerprint density at radius 3 is 2.29 bits per heavy atom. The highest BCUT2D eigenvalue weighted by Gasteiger charge is 2.22. The minimum absolute atomic E-state index is 0.0545. The summed E-state index contributed by atoms with van der Waals surface area (Å²) in [6.45, 7) is 3.32. The van der Waals surface area contributed by atoms with Crippen molar-refractivity contribution in [3.63, 3.8) is 0 Å². The van der Waals surface area contributed by atoms with Gasteiger partial charge in [-0.25, -0.2) is 17.9 Å². The fourth-order valence-electron chi connectivity index (χ4n) is 1.39. The maximum Gasteiger partial charge on any atom is 0.328 e. The summed E-state index contributed by atoms with van der Waals surface area (Å²) in [5, 5.41) is 2.17. The first-order chi connectivity index (χ1) is 7.79. The second-order valence-corrected chi connectivity index (χ2v) is 5.25. The number of sulfonamides is 1. The van der Waals surface area contributed by atoms with Gasteiger partial charge >= 0.3 is 6.03 Å². The highest BCUT2D eigenvalue weighted by Crippen LogP contribution is 2.25. The van der Waals surface area contributed by atoms with Crippen molar-refractivity contribution in [2.45, 2.75) is 18.7 Å². The molecule has 17 heavy (non-hydrogen) atoms. The molecule has 4 N–H and O–H groups in total. The molecule has 1 aromatic rings. The molecule has 0 saturated carbocycles. The van der Waals surface area contributed by atoms with Gasteiger partial charge in [0.25, 0.3) is 10.0 Å². The van der Waals surface area contributed by atoms with E-state index in [-0.39, 0.29) is 10.6 Å². The van der Waals surface area contributed by atoms with Crippen LogP contribution in [0.1, 0.15) is 11.1 Å². The fraction of sp³-hybridized carbons (Fsp3) is 0.300. The van der Waals surface area contributed by atoms with Crippen molar-refractivity contribution in [3.8, 4) is 0 Å². The topological polar surface area (TPSA) is 101 Å². The molecule has 0 radical (unpaired) electrons. The minimum Gasteiger partial charge on any atom is -0.397 e. The molecule has 0 aliphatic carbocycles. The molecule has 0 unspecified atom stereocenters. The first kappa shape index (κ1) is 13.3. The van der Waals surface area contributed by atoms with Gasteiger partial charge in [-0.2, -0.15) is 0 Å². The number of benzene rings is 1. The van der Waals surface area contributed by atoms with Gasteiger partial charge in [0.15, 0.2) is 0 Å². The van der Waals surface area contributed by atoms with E-state index in [2.05, 4.69) is 5.32 Å². The van der Waals surface area contributed by atoms with Crippen LogP contribution in [-0.2, 0) is 10.0 Å². The molecule has 1 rings (SSSR count). The molecule has 0 fully saturated rings. The van der Waals surface area contributed by atoms with E-state index >= 15 is 0 Å². The second kappa shape index (κ2) is 4.62. The first-order valence-corrected chi connectivity index (χ1v) is 6.38. The molecule has 0 saturated heterocycles. The van der Waals surface area contributed by atoms with E-state index in [4.69, 9.17) is 5.73 Å². The van der Waals surface area contributed by atoms with E-state index < -0.39 is 16.1 Å². The summed E-state index contributed by atoms with van der Waals surface area (Å²) in [6, 6.07) is 2.57. The largest absolute Gasteiger partial charge is 0.397 e. The predicted octanol–water partition coefficient (Wildman–Crippen LogP) is 0.503. The van der Waals surface area contributed by atoms with Crippen LogP contribution in [0.3, 0.4) is 0 Å². The van der Waals surface area contributed by atoms with Crippen molar-refractivity contribution in [2.75, 3.05) is 12.8 Å². The highest BCUT2D eigenvalue weighted by atomic mass is 32.2. The Kier molecular flexibility index (Phi) is 3.62. The second-order valence-electron chi connectivity index (χ2n) is 3.63. The van der Waals surface area contributed by atoms with Gasteiger partial charge in [-0.05, 0) is 25.0 Å². The molecule has 0 spiro atoms. The maximum atomic E-state index is 11.9. The zero-order valence-electron chi connectivity index (χ0n) is 9.87. The minimum atomic E-state index is -3.94. The van der Waals surface area contributed by atoms with Crippen molar-refractivity contribution in [3.05, 3.63) is 23.3 Å². The number of amides is 2. The SMILES string of the molecule is CNC(=O)NS(=O)(=O)c1c(C)ccc(C)c1N. The smallest absolute Gasteiger partial charge is 0.328 e. The Hall–Kier alpha value is -1.76. The Bertz CT molecular complexity index is 552. The van der Waals surface area contributed by atoms with Crippen LogP contribution in [0.2, 0.25) is 0 Å². The zero-order valence-corrected chi connectivity index (χ0v) is 10.7. The number of hydrogen-bond donors (Lipinski definition) is 3. The Morgan fingerprint density at radius 1 is 1.24 bits per heavy atom. The Labute approximate surface area is 100 Å². The van der Waals surface area contributed by atoms with Crippen LogP contribution >= 0.6 is 0 Å². The van der Waals surface area contributed by atoms with E-state index in [1.54, 1.807) is 26.0 Å². The van der Waals surface area contributed by atoms with Crippen molar-refractivity contribution >= 4 is 21.7 Å². The highest BCUT2D eigenvalue weighted by molar-refractivity contribution is 7.90. The van der Waals surface area contributed by atoms with E-state index in [9.17, 15) is 13.2 Å². The van der Waals surface area contributed by atoms with Gasteiger partial charge in [-0.3, -0.25) is 0 Å². The van der Waals surface area contributed by atoms with Gasteiger partial charge < -0.3 is 11.1 Å². The van der Waals surface area contributed by atoms with E-state index in [1.165, 1.54) is 7.05 Å². The molecule has 0 bridgehead atoms. The lowest BCUT2D eigenvalue weighted by Gasteiger charge is -2.13. The molecule has 0 aromatic heterocycles. The monoisotopic (exact) mass is 257 g/mol. The quantitative estimate of drug-likeness (QED) is 0.671. The van der Waals surface area contributed by atoms with E-state index in [0.717, 1.165) is 0 Å². The third-order valence-corrected chi connectivity index (χ3v) is 3.87. The van der Waals surface area contributed by atoms with Gasteiger partial charge in [-0.1, -0.05) is 12.1 Å². The van der Waals surface area contributed by atoms with Crippen LogP contribution in [0.15, 0.2) is 17.0 Å². The van der Waals surface area contributed by atoms with Crippen LogP contribution in [0.4, 0.5) is 10.5 Å². The third-order valence-electron chi connectivity index (χ3n) is 2.33. The van der Waals surface area contributed by atoms with Crippen molar-refractivity contribution in [2.24, 2.45) is 0 Å². The molecule has 0 aliphatic heterocycles. The lowest BCUT2D eigenvalue weighted by Crippen LogP contribution is -2.38. The number of carbonyl (C=O) groups excluding carboxylic acids is 1. The molecule has 2 amide bonds. The van der Waals surface area contributed by atoms with Crippen molar-refractivity contribution < 1.29 is 13.2 Å². The van der Waals surface area contributed by atoms with Crippen LogP contribution < -0.4 is 15.8 Å². The molecule has 7 heteroatoms. The van der Waals surface area contributed by atoms with Crippen molar-refractivity contribution in [1.82, 2.24) is 10.0 Å². The normalized spacial score (nSPS) is 11.0. The summed E-state index contributed by atoms with van der Waals surface area (Å²) < 4.78 is 25.8. The summed E-state index contributed by atoms with van der Waals surface area (Å²) in [7, 11) is -2.61. The number of aryl methyl sites for hydroxylation is 2. The molecule has 6 nitrogen and oxygen atoms in total. The van der Waals surface area contributed by atoms with Crippen LogP contribution in [-0.4, -0.2) is 21.5 Å². The maximum absolute atomic E-state index is 11.9. The van der Waals surface area contributed by atoms with Gasteiger partial charge in [0.1, 0.15) is 4.90 Å². The lowest BCUT2D eigenvalue weighted by atomic mass is 10.1. The number of anilines is 1. The van der Waals surface area contributed by atoms with Gasteiger partial charge in [-0.15, -0.1) is 0 Å². The van der Waals surface area contributed by atoms with Crippen molar-refractivity contribution in [1.29, 1.82) is 0 Å². The number of hydrogen-bond acceptors (Lipinski definition) is 4. The van der Waals surface area contributed by atoms with Crippen LogP contribution in [0.5, 0.6) is 0 Å². The molecule has 0 aliphatic rings. The fourth-order valence-corrected chi connectivity index (χ4v) is 2.78. The standard InChI is InChI=1S/C10H15N3O3S/c1-6-4-5-7(2)9(8(6)11)17(15,16)13-10(14)12-3/h4-5H,11H2,1-3H3,(H2,12,13,14). The number of urea groups is 1. The number of rotatable bonds is 2. The number of nitrogen functional groups attached to an aromatic ring is 1. The van der Waals surface area contributed by atoms with Gasteiger partial charge in [0, 0.05) is 7.05 Å². The summed E-state index contributed by atoms with van der Waals surface area (Å²) in [5.74, 6) is 0. The number of nitrogens with one attached hydrogen (secondary N) is 2. The summed E-state index contributed by atoms with van der Waals surface area (Å²) in [5.41, 5.74) is 7.03. The Balaban J connectivity index is 3.34. The zero-order chi connectivity index (χ0) is 13.2. The molecule has 0 atom stereocenters. The van der Waals surface area contributed by atoms with Gasteiger partial charge in [0.05, 0.1) is 5.69 Å². The Morgan fingerprint density at radius 2 is 1.76 bits per heavy atom. The number of carbonyl (C=O) groups is 1. The van der Waals surface area contributed by atoms with Crippen LogP contribution in [0, 0.1) is 13.8 Å². The molecular weight excluding hydrogens is 242 g/mol. The first-order valence-electron chi connectivity index (χ1n) is 4.90. The molecule has 0 heterocycles. The van der Waals surface area contributed by atoms with Gasteiger partial charge in [0.2, 0.25) is 0 Å². The summed E-state index contributed by atoms with van der Waals surface area (Å²) >= 11 is 0. The third kappa shape index (κ3) is 2.68. The van der Waals surface area contributed by atoms with E-state index in [0.29, 0.717) is 11.1 Å². The molecule has 94 valence electrons. The van der Waals surface area contributed by atoms with E-state index in [1.807, 2.05) is 4.72 Å². The average molecular weight is 257 g/mol. The summed E-state index contributed by atoms with van der Waals surface area (Å²) in [6.07, 6.45) is 0. The molecule has 1 aromatic carbocycles. The lowest BCUT2D eigenvalue weighted by molar-refractivity contribution is 0.248. The summed E-state index contributed by atoms with van der Waals surface area (Å²) in [4.78, 5) is 11.0.